The van der Waals surface area contributed by atoms with Crippen LogP contribution in [-0.4, -0.2) is 49.0 Å². The summed E-state index contributed by atoms with van der Waals surface area (Å²) in [6.07, 6.45) is 139. The zero-order valence-corrected chi connectivity index (χ0v) is 84.9. The Morgan fingerprint density at radius 1 is 0.157 bits per heavy atom. The van der Waals surface area contributed by atoms with E-state index in [-0.39, 0.29) is 32.8 Å². The van der Waals surface area contributed by atoms with Gasteiger partial charge >= 0.3 is 23.1 Å². The average Bonchev–Trinajstić information content (AvgIpc) is 0.844. The van der Waals surface area contributed by atoms with Crippen LogP contribution < -0.4 is 0 Å². The van der Waals surface area contributed by atoms with E-state index in [0.29, 0.717) is 24.0 Å². The van der Waals surface area contributed by atoms with Gasteiger partial charge in [0, 0.05) is 0 Å². The van der Waals surface area contributed by atoms with E-state index in [4.69, 9.17) is 0 Å². The molecule has 0 spiro atoms. The molecule has 0 aliphatic heterocycles. The van der Waals surface area contributed by atoms with Crippen molar-refractivity contribution in [2.24, 2.45) is 0 Å². The monoisotopic (exact) mass is 1740 g/mol. The Hall–Kier alpha value is -0.974. The van der Waals surface area contributed by atoms with E-state index < -0.39 is 20.2 Å². The second-order valence-electron chi connectivity index (χ2n) is 38.9. The summed E-state index contributed by atoms with van der Waals surface area (Å²) in [7, 11) is -8.74. The quantitative estimate of drug-likeness (QED) is 0.0370. The molecular weight excluding hydrogens is 1530 g/mol. The SMILES string of the molecule is CCCCCCCCCCCCCCCCCCCCCCCCCCCCCCCCCCCCCCCCCCCCCCCCCCc1ccccc1S(=O)(=O)[O-].CCCCCCCCCCCCCCCCCCCCCCCCCCCCCCCCCCCCCCCCCCCCCCCCCCc1ccccc1S(=O)(=O)[O-].[Mg+2]. The van der Waals surface area contributed by atoms with Gasteiger partial charge in [-0.1, -0.05) is 654 Å². The van der Waals surface area contributed by atoms with Crippen LogP contribution in [0, 0.1) is 0 Å². The fourth-order valence-corrected chi connectivity index (χ4v) is 20.4. The Morgan fingerprint density at radius 3 is 0.347 bits per heavy atom. The van der Waals surface area contributed by atoms with E-state index in [1.54, 1.807) is 24.3 Å². The molecular formula is C112H210MgO6S2. The molecule has 0 aliphatic carbocycles. The first-order chi connectivity index (χ1) is 59.1. The minimum absolute atomic E-state index is 0. The van der Waals surface area contributed by atoms with Gasteiger partial charge in [-0.15, -0.1) is 0 Å². The van der Waals surface area contributed by atoms with Crippen molar-refractivity contribution in [1.29, 1.82) is 0 Å². The van der Waals surface area contributed by atoms with Gasteiger partial charge in [-0.05, 0) is 48.9 Å². The van der Waals surface area contributed by atoms with Crippen molar-refractivity contribution in [2.45, 2.75) is 653 Å². The Balaban J connectivity index is 0.00000236. The molecule has 0 radical (unpaired) electrons. The summed E-state index contributed by atoms with van der Waals surface area (Å²) in [5.41, 5.74) is 1.35. The van der Waals surface area contributed by atoms with Crippen LogP contribution in [0.25, 0.3) is 0 Å². The van der Waals surface area contributed by atoms with Gasteiger partial charge in [-0.2, -0.15) is 0 Å². The first-order valence-corrected chi connectivity index (χ1v) is 58.0. The number of benzene rings is 2. The maximum Gasteiger partial charge on any atom is 2.00 e. The van der Waals surface area contributed by atoms with Crippen molar-refractivity contribution in [3.05, 3.63) is 59.7 Å². The standard InChI is InChI=1S/2C56H106O3S.Mg/c2*1-2-3-4-5-6-7-8-9-10-11-12-13-14-15-16-17-18-19-20-21-22-23-24-25-26-27-28-29-30-31-32-33-34-35-36-37-38-39-40-41-42-43-44-45-46-47-48-49-52-55-53-50-51-54-56(55)60(57,58)59;/h2*50-51,53-54H,2-49,52H2,1H3,(H,57,58,59);/q;;+2/p-2. The van der Waals surface area contributed by atoms with Gasteiger partial charge in [0.25, 0.3) is 0 Å². The molecule has 0 fully saturated rings. The molecule has 0 heterocycles. The van der Waals surface area contributed by atoms with Gasteiger partial charge in [-0.3, -0.25) is 0 Å². The number of hydrogen-bond donors (Lipinski definition) is 0. The fraction of sp³-hybridized carbons (Fsp3) is 0.893. The van der Waals surface area contributed by atoms with Crippen LogP contribution in [-0.2, 0) is 33.1 Å². The van der Waals surface area contributed by atoms with Crippen molar-refractivity contribution in [3.63, 3.8) is 0 Å². The summed E-state index contributed by atoms with van der Waals surface area (Å²) in [5, 5.41) is 0. The molecule has 708 valence electrons. The molecule has 0 N–H and O–H groups in total. The van der Waals surface area contributed by atoms with Gasteiger partial charge in [0.2, 0.25) is 0 Å². The first-order valence-electron chi connectivity index (χ1n) is 55.2. The minimum atomic E-state index is -4.37. The zero-order chi connectivity index (χ0) is 86.3. The number of aryl methyl sites for hydroxylation is 2. The van der Waals surface area contributed by atoms with Gasteiger partial charge in [0.05, 0.1) is 9.79 Å². The molecule has 0 saturated heterocycles. The van der Waals surface area contributed by atoms with E-state index in [2.05, 4.69) is 13.8 Å². The summed E-state index contributed by atoms with van der Waals surface area (Å²) >= 11 is 0. The van der Waals surface area contributed by atoms with Crippen molar-refractivity contribution < 1.29 is 25.9 Å². The third-order valence-electron chi connectivity index (χ3n) is 27.1. The molecule has 0 aromatic heterocycles. The summed E-state index contributed by atoms with van der Waals surface area (Å²) in [5.74, 6) is 0. The smallest absolute Gasteiger partial charge is 0.744 e. The van der Waals surface area contributed by atoms with Crippen LogP contribution in [0.4, 0.5) is 0 Å². The Morgan fingerprint density at radius 2 is 0.248 bits per heavy atom. The zero-order valence-electron chi connectivity index (χ0n) is 81.9. The summed E-state index contributed by atoms with van der Waals surface area (Å²) in [6, 6.07) is 13.3. The predicted octanol–water partition coefficient (Wildman–Crippen LogP) is 39.4. The van der Waals surface area contributed by atoms with Gasteiger partial charge in [0.15, 0.2) is 0 Å². The topological polar surface area (TPSA) is 114 Å². The van der Waals surface area contributed by atoms with E-state index in [0.717, 1.165) is 25.7 Å². The van der Waals surface area contributed by atoms with Crippen molar-refractivity contribution >= 4 is 43.3 Å². The normalized spacial score (nSPS) is 11.8. The van der Waals surface area contributed by atoms with Crippen molar-refractivity contribution in [1.82, 2.24) is 0 Å². The fourth-order valence-electron chi connectivity index (χ4n) is 18.9. The third kappa shape index (κ3) is 92.1. The summed E-state index contributed by atoms with van der Waals surface area (Å²) in [6.45, 7) is 4.62. The number of unbranched alkanes of at least 4 members (excludes halogenated alkanes) is 94. The van der Waals surface area contributed by atoms with Crippen LogP contribution in [0.5, 0.6) is 0 Å². The van der Waals surface area contributed by atoms with Crippen LogP contribution in [0.1, 0.15) is 641 Å². The summed E-state index contributed by atoms with van der Waals surface area (Å²) < 4.78 is 68.5. The van der Waals surface area contributed by atoms with Crippen LogP contribution in [0.3, 0.4) is 0 Å². The Kier molecular flexibility index (Phi) is 98.8. The predicted molar refractivity (Wildman–Crippen MR) is 537 cm³/mol. The number of hydrogen-bond acceptors (Lipinski definition) is 6. The second-order valence-corrected chi connectivity index (χ2v) is 41.6. The molecule has 121 heavy (non-hydrogen) atoms. The average molecular weight is 1740 g/mol. The summed E-state index contributed by atoms with van der Waals surface area (Å²) in [4.78, 5) is -0.0788. The molecule has 0 amide bonds. The maximum absolute atomic E-state index is 11.4. The van der Waals surface area contributed by atoms with E-state index in [1.807, 2.05) is 12.1 Å². The third-order valence-corrected chi connectivity index (χ3v) is 29.0. The minimum Gasteiger partial charge on any atom is -0.744 e. The van der Waals surface area contributed by atoms with Crippen LogP contribution >= 0.6 is 0 Å². The van der Waals surface area contributed by atoms with Crippen molar-refractivity contribution in [2.75, 3.05) is 0 Å². The Bertz CT molecular complexity index is 2350. The van der Waals surface area contributed by atoms with E-state index >= 15 is 0 Å². The van der Waals surface area contributed by atoms with Crippen LogP contribution in [0.2, 0.25) is 0 Å². The molecule has 0 aliphatic rings. The molecule has 2 rings (SSSR count). The Labute approximate surface area is 776 Å². The van der Waals surface area contributed by atoms with E-state index in [9.17, 15) is 25.9 Å². The van der Waals surface area contributed by atoms with Gasteiger partial charge in [0.1, 0.15) is 20.2 Å². The first kappa shape index (κ1) is 120. The van der Waals surface area contributed by atoms with E-state index in [1.165, 1.54) is 603 Å². The molecule has 0 bridgehead atoms. The van der Waals surface area contributed by atoms with Gasteiger partial charge < -0.3 is 9.11 Å². The largest absolute Gasteiger partial charge is 2.00 e. The molecule has 2 aromatic carbocycles. The molecule has 0 saturated carbocycles. The molecule has 2 aromatic rings. The van der Waals surface area contributed by atoms with Gasteiger partial charge in [-0.25, -0.2) is 16.8 Å². The maximum atomic E-state index is 11.4. The number of rotatable bonds is 100. The molecule has 9 heteroatoms. The van der Waals surface area contributed by atoms with Crippen LogP contribution in [0.15, 0.2) is 58.3 Å². The molecule has 6 nitrogen and oxygen atoms in total. The molecule has 0 atom stereocenters. The second kappa shape index (κ2) is 99.6. The van der Waals surface area contributed by atoms with Crippen molar-refractivity contribution in [3.8, 4) is 0 Å². The molecule has 0 unspecified atom stereocenters.